The Bertz CT molecular complexity index is 501. The monoisotopic (exact) mass is 229 g/mol. The predicted molar refractivity (Wildman–Crippen MR) is 68.2 cm³/mol. The van der Waals surface area contributed by atoms with E-state index in [2.05, 4.69) is 34.6 Å². The van der Waals surface area contributed by atoms with Crippen LogP contribution in [0.3, 0.4) is 0 Å². The van der Waals surface area contributed by atoms with Crippen molar-refractivity contribution in [2.45, 2.75) is 12.8 Å². The molecule has 0 aliphatic rings. The maximum atomic E-state index is 10.8. The molecule has 0 saturated carbocycles. The molecule has 2 rings (SSSR count). The van der Waals surface area contributed by atoms with Gasteiger partial charge in [0, 0.05) is 12.6 Å². The molecule has 0 saturated heterocycles. The van der Waals surface area contributed by atoms with Gasteiger partial charge in [-0.25, -0.2) is 5.10 Å². The van der Waals surface area contributed by atoms with Crippen LogP contribution in [-0.2, 0) is 0 Å². The van der Waals surface area contributed by atoms with Gasteiger partial charge in [-0.2, -0.15) is 5.10 Å². The summed E-state index contributed by atoms with van der Waals surface area (Å²) in [6, 6.07) is 13.4. The molecule has 4 nitrogen and oxygen atoms in total. The molecule has 0 aliphatic heterocycles. The van der Waals surface area contributed by atoms with Crippen molar-refractivity contribution in [2.24, 2.45) is 0 Å². The van der Waals surface area contributed by atoms with Gasteiger partial charge in [-0.3, -0.25) is 4.79 Å². The van der Waals surface area contributed by atoms with Gasteiger partial charge in [0.1, 0.15) is 5.82 Å². The highest BCUT2D eigenvalue weighted by molar-refractivity contribution is 5.32. The number of rotatable bonds is 4. The molecule has 1 heterocycles. The summed E-state index contributed by atoms with van der Waals surface area (Å²) < 4.78 is 0. The van der Waals surface area contributed by atoms with Crippen LogP contribution in [0.25, 0.3) is 0 Å². The third-order valence-electron chi connectivity index (χ3n) is 2.64. The Morgan fingerprint density at radius 1 is 1.24 bits per heavy atom. The summed E-state index contributed by atoms with van der Waals surface area (Å²) >= 11 is 0. The largest absolute Gasteiger partial charge is 0.368 e. The quantitative estimate of drug-likeness (QED) is 0.842. The first-order chi connectivity index (χ1) is 8.25. The van der Waals surface area contributed by atoms with Gasteiger partial charge in [-0.1, -0.05) is 37.3 Å². The Kier molecular flexibility index (Phi) is 3.55. The van der Waals surface area contributed by atoms with E-state index in [-0.39, 0.29) is 5.56 Å². The molecule has 2 N–H and O–H groups in total. The summed E-state index contributed by atoms with van der Waals surface area (Å²) in [7, 11) is 0. The van der Waals surface area contributed by atoms with Gasteiger partial charge in [0.25, 0.3) is 5.56 Å². The lowest BCUT2D eigenvalue weighted by Crippen LogP contribution is -2.13. The molecule has 1 unspecified atom stereocenters. The fraction of sp³-hybridized carbons (Fsp3) is 0.231. The maximum absolute atomic E-state index is 10.8. The number of H-pyrrole nitrogens is 1. The standard InChI is InChI=1S/C13H15N3O/c1-10(11-5-3-2-4-6-11)9-14-12-7-8-13(17)16-15-12/h2-8,10H,9H2,1H3,(H,14,15)(H,16,17). The fourth-order valence-corrected chi connectivity index (χ4v) is 1.60. The molecule has 17 heavy (non-hydrogen) atoms. The van der Waals surface area contributed by atoms with Crippen LogP contribution in [0, 0.1) is 0 Å². The van der Waals surface area contributed by atoms with E-state index in [1.807, 2.05) is 18.2 Å². The van der Waals surface area contributed by atoms with Crippen molar-refractivity contribution in [3.05, 3.63) is 58.4 Å². The van der Waals surface area contributed by atoms with Crippen LogP contribution >= 0.6 is 0 Å². The van der Waals surface area contributed by atoms with Crippen molar-refractivity contribution >= 4 is 5.82 Å². The van der Waals surface area contributed by atoms with Crippen LogP contribution in [0.15, 0.2) is 47.3 Å². The van der Waals surface area contributed by atoms with E-state index in [4.69, 9.17) is 0 Å². The summed E-state index contributed by atoms with van der Waals surface area (Å²) in [5, 5.41) is 9.48. The van der Waals surface area contributed by atoms with Crippen LogP contribution < -0.4 is 10.9 Å². The molecule has 0 bridgehead atoms. The van der Waals surface area contributed by atoms with Crippen molar-refractivity contribution in [2.75, 3.05) is 11.9 Å². The average molecular weight is 229 g/mol. The lowest BCUT2D eigenvalue weighted by Gasteiger charge is -2.12. The first-order valence-corrected chi connectivity index (χ1v) is 5.60. The summed E-state index contributed by atoms with van der Waals surface area (Å²) in [5.41, 5.74) is 1.09. The zero-order valence-electron chi connectivity index (χ0n) is 9.68. The van der Waals surface area contributed by atoms with Crippen molar-refractivity contribution in [1.29, 1.82) is 0 Å². The molecule has 0 spiro atoms. The Labute approximate surface area is 99.7 Å². The Morgan fingerprint density at radius 2 is 2.00 bits per heavy atom. The van der Waals surface area contributed by atoms with Crippen LogP contribution in [0.5, 0.6) is 0 Å². The van der Waals surface area contributed by atoms with Gasteiger partial charge in [-0.05, 0) is 17.5 Å². The molecular weight excluding hydrogens is 214 g/mol. The van der Waals surface area contributed by atoms with Crippen LogP contribution in [0.2, 0.25) is 0 Å². The number of aromatic nitrogens is 2. The highest BCUT2D eigenvalue weighted by atomic mass is 16.1. The summed E-state index contributed by atoms with van der Waals surface area (Å²) in [5.74, 6) is 1.08. The third-order valence-corrected chi connectivity index (χ3v) is 2.64. The third kappa shape index (κ3) is 3.17. The minimum atomic E-state index is -0.188. The molecule has 0 fully saturated rings. The average Bonchev–Trinajstić information content (AvgIpc) is 2.39. The van der Waals surface area contributed by atoms with Gasteiger partial charge in [-0.15, -0.1) is 0 Å². The number of nitrogens with one attached hydrogen (secondary N) is 2. The second kappa shape index (κ2) is 5.30. The molecule has 1 atom stereocenters. The number of hydrogen-bond acceptors (Lipinski definition) is 3. The van der Waals surface area contributed by atoms with Gasteiger partial charge < -0.3 is 5.32 Å². The molecule has 0 aliphatic carbocycles. The first-order valence-electron chi connectivity index (χ1n) is 5.60. The number of anilines is 1. The molecule has 88 valence electrons. The zero-order valence-corrected chi connectivity index (χ0v) is 9.68. The van der Waals surface area contributed by atoms with E-state index in [1.54, 1.807) is 6.07 Å². The lowest BCUT2D eigenvalue weighted by atomic mass is 10.0. The Balaban J connectivity index is 1.94. The van der Waals surface area contributed by atoms with Crippen molar-refractivity contribution < 1.29 is 0 Å². The van der Waals surface area contributed by atoms with E-state index in [9.17, 15) is 4.79 Å². The van der Waals surface area contributed by atoms with Gasteiger partial charge in [0.05, 0.1) is 0 Å². The Morgan fingerprint density at radius 3 is 2.65 bits per heavy atom. The normalized spacial score (nSPS) is 12.1. The second-order valence-electron chi connectivity index (χ2n) is 4.00. The Hall–Kier alpha value is -2.10. The topological polar surface area (TPSA) is 57.8 Å². The summed E-state index contributed by atoms with van der Waals surface area (Å²) in [4.78, 5) is 10.8. The molecular formula is C13H15N3O. The summed E-state index contributed by atoms with van der Waals surface area (Å²) in [6.45, 7) is 2.93. The van der Waals surface area contributed by atoms with Crippen molar-refractivity contribution in [3.8, 4) is 0 Å². The highest BCUT2D eigenvalue weighted by Crippen LogP contribution is 2.14. The van der Waals surface area contributed by atoms with Gasteiger partial charge >= 0.3 is 0 Å². The van der Waals surface area contributed by atoms with E-state index in [0.717, 1.165) is 6.54 Å². The molecule has 2 aromatic rings. The van der Waals surface area contributed by atoms with Gasteiger partial charge in [0.2, 0.25) is 0 Å². The number of aromatic amines is 1. The minimum Gasteiger partial charge on any atom is -0.368 e. The first kappa shape index (κ1) is 11.4. The fourth-order valence-electron chi connectivity index (χ4n) is 1.60. The number of nitrogens with zero attached hydrogens (tertiary/aromatic N) is 1. The lowest BCUT2D eigenvalue weighted by molar-refractivity contribution is 0.797. The summed E-state index contributed by atoms with van der Waals surface area (Å²) in [6.07, 6.45) is 0. The van der Waals surface area contributed by atoms with Crippen LogP contribution in [0.4, 0.5) is 5.82 Å². The van der Waals surface area contributed by atoms with Crippen LogP contribution in [-0.4, -0.2) is 16.7 Å². The minimum absolute atomic E-state index is 0.188. The highest BCUT2D eigenvalue weighted by Gasteiger charge is 2.04. The number of benzene rings is 1. The second-order valence-corrected chi connectivity index (χ2v) is 4.00. The van der Waals surface area contributed by atoms with Gasteiger partial charge in [0.15, 0.2) is 0 Å². The predicted octanol–water partition coefficient (Wildman–Crippen LogP) is 1.99. The molecule has 1 aromatic carbocycles. The molecule has 0 radical (unpaired) electrons. The molecule has 4 heteroatoms. The van der Waals surface area contributed by atoms with E-state index in [1.165, 1.54) is 11.6 Å². The number of hydrogen-bond donors (Lipinski definition) is 2. The van der Waals surface area contributed by atoms with E-state index >= 15 is 0 Å². The molecule has 0 amide bonds. The molecule has 1 aromatic heterocycles. The SMILES string of the molecule is CC(CNc1ccc(=O)[nH]n1)c1ccccc1. The smallest absolute Gasteiger partial charge is 0.264 e. The zero-order chi connectivity index (χ0) is 12.1. The van der Waals surface area contributed by atoms with Crippen molar-refractivity contribution in [1.82, 2.24) is 10.2 Å². The van der Waals surface area contributed by atoms with E-state index in [0.29, 0.717) is 11.7 Å². The van der Waals surface area contributed by atoms with E-state index < -0.39 is 0 Å². The van der Waals surface area contributed by atoms with Crippen LogP contribution in [0.1, 0.15) is 18.4 Å². The maximum Gasteiger partial charge on any atom is 0.264 e. The van der Waals surface area contributed by atoms with Crippen molar-refractivity contribution in [3.63, 3.8) is 0 Å².